The highest BCUT2D eigenvalue weighted by molar-refractivity contribution is 5.79. The standard InChI is InChI=1S/C12H21NO3.C8H13F2NO2/c1-12(2,3)10(13-11(15)16)8-4-6-9(14)7-5-8;9-8(10)3-1-6(2-4-8)5-11-7(12)13/h8,10,13H,4-7H2,1-3H3,(H,15,16);6,11H,1-5H2,(H,12,13). The van der Waals surface area contributed by atoms with Gasteiger partial charge in [0, 0.05) is 38.3 Å². The normalized spacial score (nSPS) is 21.5. The van der Waals surface area contributed by atoms with E-state index in [2.05, 4.69) is 10.6 Å². The number of nitrogens with one attached hydrogen (secondary N) is 2. The van der Waals surface area contributed by atoms with Gasteiger partial charge in [-0.05, 0) is 42.9 Å². The number of hydrogen-bond donors (Lipinski definition) is 4. The fraction of sp³-hybridized carbons (Fsp3) is 0.850. The van der Waals surface area contributed by atoms with Crippen molar-refractivity contribution in [2.45, 2.75) is 84.1 Å². The van der Waals surface area contributed by atoms with Crippen LogP contribution in [0.5, 0.6) is 0 Å². The van der Waals surface area contributed by atoms with Crippen LogP contribution >= 0.6 is 0 Å². The lowest BCUT2D eigenvalue weighted by Gasteiger charge is -2.38. The Bertz CT molecular complexity index is 558. The van der Waals surface area contributed by atoms with E-state index in [4.69, 9.17) is 10.2 Å². The van der Waals surface area contributed by atoms with Crippen molar-refractivity contribution in [3.8, 4) is 0 Å². The predicted octanol–water partition coefficient (Wildman–Crippen LogP) is 4.51. The summed E-state index contributed by atoms with van der Waals surface area (Å²) in [4.78, 5) is 32.1. The van der Waals surface area contributed by atoms with Crippen LogP contribution in [0.4, 0.5) is 18.4 Å². The molecular formula is C20H34F2N2O5. The SMILES string of the molecule is CC(C)(C)C(NC(=O)O)C1CCC(=O)CC1.O=C(O)NCC1CCC(F)(F)CC1. The summed E-state index contributed by atoms with van der Waals surface area (Å²) in [5, 5.41) is 22.0. The van der Waals surface area contributed by atoms with E-state index in [0.717, 1.165) is 12.8 Å². The Labute approximate surface area is 170 Å². The molecule has 2 aliphatic carbocycles. The van der Waals surface area contributed by atoms with Gasteiger partial charge in [0.05, 0.1) is 0 Å². The number of carboxylic acid groups (broad SMARTS) is 2. The minimum atomic E-state index is -2.53. The topological polar surface area (TPSA) is 116 Å². The third-order valence-corrected chi connectivity index (χ3v) is 5.65. The number of Topliss-reactive ketones (excluding diaryl/α,β-unsaturated/α-hetero) is 1. The largest absolute Gasteiger partial charge is 0.465 e. The van der Waals surface area contributed by atoms with Crippen molar-refractivity contribution in [1.29, 1.82) is 0 Å². The second kappa shape index (κ2) is 10.7. The average Bonchev–Trinajstić information content (AvgIpc) is 2.59. The van der Waals surface area contributed by atoms with Crippen molar-refractivity contribution in [2.24, 2.45) is 17.3 Å². The maximum absolute atomic E-state index is 12.6. The Morgan fingerprint density at radius 3 is 2.00 bits per heavy atom. The van der Waals surface area contributed by atoms with Crippen LogP contribution in [-0.2, 0) is 4.79 Å². The molecule has 0 aromatic rings. The Morgan fingerprint density at radius 1 is 1.07 bits per heavy atom. The molecule has 1 atom stereocenters. The van der Waals surface area contributed by atoms with Crippen molar-refractivity contribution in [3.05, 3.63) is 0 Å². The lowest BCUT2D eigenvalue weighted by molar-refractivity contribution is -0.121. The number of alkyl halides is 2. The summed E-state index contributed by atoms with van der Waals surface area (Å²) in [5.41, 5.74) is -0.108. The molecule has 0 radical (unpaired) electrons. The number of halogens is 2. The molecule has 2 rings (SSSR count). The Morgan fingerprint density at radius 2 is 1.59 bits per heavy atom. The zero-order valence-corrected chi connectivity index (χ0v) is 17.5. The smallest absolute Gasteiger partial charge is 0.404 e. The third-order valence-electron chi connectivity index (χ3n) is 5.65. The molecule has 2 aliphatic rings. The van der Waals surface area contributed by atoms with Gasteiger partial charge in [0.15, 0.2) is 0 Å². The summed E-state index contributed by atoms with van der Waals surface area (Å²) in [7, 11) is 0. The van der Waals surface area contributed by atoms with Crippen molar-refractivity contribution in [3.63, 3.8) is 0 Å². The summed E-state index contributed by atoms with van der Waals surface area (Å²) in [6.45, 7) is 6.39. The summed E-state index contributed by atoms with van der Waals surface area (Å²) in [5.74, 6) is -1.86. The molecule has 9 heteroatoms. The van der Waals surface area contributed by atoms with Crippen LogP contribution in [0.2, 0.25) is 0 Å². The van der Waals surface area contributed by atoms with E-state index in [1.807, 2.05) is 20.8 Å². The van der Waals surface area contributed by atoms with Crippen LogP contribution in [0.15, 0.2) is 0 Å². The van der Waals surface area contributed by atoms with Crippen LogP contribution in [-0.4, -0.2) is 46.7 Å². The molecule has 168 valence electrons. The molecule has 0 bridgehead atoms. The van der Waals surface area contributed by atoms with E-state index in [-0.39, 0.29) is 36.1 Å². The number of hydrogen-bond acceptors (Lipinski definition) is 3. The first kappa shape index (κ1) is 25.1. The van der Waals surface area contributed by atoms with Crippen molar-refractivity contribution in [2.75, 3.05) is 6.54 Å². The number of carbonyl (C=O) groups excluding carboxylic acids is 1. The van der Waals surface area contributed by atoms with E-state index < -0.39 is 18.1 Å². The van der Waals surface area contributed by atoms with Gasteiger partial charge in [0.1, 0.15) is 5.78 Å². The highest BCUT2D eigenvalue weighted by atomic mass is 19.3. The maximum Gasteiger partial charge on any atom is 0.404 e. The molecule has 2 saturated carbocycles. The molecule has 2 amide bonds. The van der Waals surface area contributed by atoms with Crippen molar-refractivity contribution >= 4 is 18.0 Å². The van der Waals surface area contributed by atoms with Gasteiger partial charge in [-0.25, -0.2) is 18.4 Å². The van der Waals surface area contributed by atoms with Gasteiger partial charge < -0.3 is 20.8 Å². The first-order chi connectivity index (χ1) is 13.3. The molecule has 0 aliphatic heterocycles. The Balaban J connectivity index is 0.000000296. The molecule has 2 fully saturated rings. The quantitative estimate of drug-likeness (QED) is 0.534. The zero-order valence-electron chi connectivity index (χ0n) is 17.5. The summed E-state index contributed by atoms with van der Waals surface area (Å²) < 4.78 is 25.3. The van der Waals surface area contributed by atoms with E-state index >= 15 is 0 Å². The van der Waals surface area contributed by atoms with Gasteiger partial charge in [0.2, 0.25) is 5.92 Å². The second-order valence-corrected chi connectivity index (χ2v) is 9.15. The van der Waals surface area contributed by atoms with Crippen LogP contribution in [0.1, 0.15) is 72.1 Å². The Kier molecular flexibility index (Phi) is 9.29. The monoisotopic (exact) mass is 420 g/mol. The first-order valence-electron chi connectivity index (χ1n) is 10.2. The van der Waals surface area contributed by atoms with Gasteiger partial charge in [-0.15, -0.1) is 0 Å². The molecule has 1 unspecified atom stereocenters. The van der Waals surface area contributed by atoms with Crippen LogP contribution in [0.25, 0.3) is 0 Å². The van der Waals surface area contributed by atoms with E-state index in [0.29, 0.717) is 38.0 Å². The maximum atomic E-state index is 12.6. The summed E-state index contributed by atoms with van der Waals surface area (Å²) in [6.07, 6.45) is 1.34. The zero-order chi connectivity index (χ0) is 22.2. The van der Waals surface area contributed by atoms with Gasteiger partial charge >= 0.3 is 12.2 Å². The minimum absolute atomic E-state index is 0.0712. The molecule has 0 saturated heterocycles. The Hall–Kier alpha value is -1.93. The molecule has 0 spiro atoms. The van der Waals surface area contributed by atoms with Gasteiger partial charge in [-0.3, -0.25) is 4.79 Å². The number of rotatable bonds is 4. The second-order valence-electron chi connectivity index (χ2n) is 9.15. The summed E-state index contributed by atoms with van der Waals surface area (Å²) in [6, 6.07) is -0.0712. The predicted molar refractivity (Wildman–Crippen MR) is 104 cm³/mol. The average molecular weight is 420 g/mol. The van der Waals surface area contributed by atoms with E-state index in [1.54, 1.807) is 0 Å². The van der Waals surface area contributed by atoms with Crippen LogP contribution in [0.3, 0.4) is 0 Å². The highest BCUT2D eigenvalue weighted by Crippen LogP contribution is 2.36. The number of carbonyl (C=O) groups is 3. The minimum Gasteiger partial charge on any atom is -0.465 e. The van der Waals surface area contributed by atoms with Gasteiger partial charge in [0.25, 0.3) is 0 Å². The fourth-order valence-corrected chi connectivity index (χ4v) is 4.01. The van der Waals surface area contributed by atoms with Crippen LogP contribution in [0, 0.1) is 17.3 Å². The van der Waals surface area contributed by atoms with Gasteiger partial charge in [-0.1, -0.05) is 20.8 Å². The van der Waals surface area contributed by atoms with Gasteiger partial charge in [-0.2, -0.15) is 0 Å². The molecule has 7 nitrogen and oxygen atoms in total. The molecular weight excluding hydrogens is 386 g/mol. The van der Waals surface area contributed by atoms with Crippen molar-refractivity contribution < 1.29 is 33.4 Å². The highest BCUT2D eigenvalue weighted by Gasteiger charge is 2.36. The van der Waals surface area contributed by atoms with Crippen molar-refractivity contribution in [1.82, 2.24) is 10.6 Å². The molecule has 0 aromatic heterocycles. The molecule has 0 heterocycles. The summed E-state index contributed by atoms with van der Waals surface area (Å²) >= 11 is 0. The molecule has 0 aromatic carbocycles. The van der Waals surface area contributed by atoms with E-state index in [9.17, 15) is 23.2 Å². The lowest BCUT2D eigenvalue weighted by Crippen LogP contribution is -2.49. The number of ketones is 1. The molecule has 29 heavy (non-hydrogen) atoms. The van der Waals surface area contributed by atoms with E-state index in [1.165, 1.54) is 0 Å². The first-order valence-corrected chi connectivity index (χ1v) is 10.2. The third kappa shape index (κ3) is 9.89. The van der Waals surface area contributed by atoms with Crippen LogP contribution < -0.4 is 10.6 Å². The fourth-order valence-electron chi connectivity index (χ4n) is 4.01. The number of amides is 2. The lowest BCUT2D eigenvalue weighted by atomic mass is 9.73. The molecule has 4 N–H and O–H groups in total.